The van der Waals surface area contributed by atoms with Crippen LogP contribution in [0.1, 0.15) is 43.5 Å². The fourth-order valence-corrected chi connectivity index (χ4v) is 3.47. The zero-order chi connectivity index (χ0) is 14.2. The van der Waals surface area contributed by atoms with Crippen molar-refractivity contribution < 1.29 is 4.79 Å². The minimum Gasteiger partial charge on any atom is -0.349 e. The number of hydrogen-bond donors (Lipinski definition) is 1. The maximum atomic E-state index is 12.2. The molecule has 1 aromatic rings. The lowest BCUT2D eigenvalue weighted by atomic mass is 9.93. The predicted molar refractivity (Wildman–Crippen MR) is 80.7 cm³/mol. The second-order valence-electron chi connectivity index (χ2n) is 6.63. The molecule has 0 bridgehead atoms. The number of amides is 1. The molecule has 1 spiro atoms. The van der Waals surface area contributed by atoms with Crippen molar-refractivity contribution in [2.45, 2.75) is 45.2 Å². The molecule has 3 nitrogen and oxygen atoms in total. The van der Waals surface area contributed by atoms with Gasteiger partial charge in [-0.2, -0.15) is 0 Å². The molecule has 1 aromatic carbocycles. The van der Waals surface area contributed by atoms with E-state index in [4.69, 9.17) is 0 Å². The van der Waals surface area contributed by atoms with E-state index < -0.39 is 0 Å². The Kier molecular flexibility index (Phi) is 3.55. The van der Waals surface area contributed by atoms with Crippen LogP contribution in [0.2, 0.25) is 0 Å². The molecule has 1 heterocycles. The molecule has 1 aliphatic heterocycles. The highest BCUT2D eigenvalue weighted by Crippen LogP contribution is 2.52. The largest absolute Gasteiger partial charge is 0.349 e. The van der Waals surface area contributed by atoms with Crippen molar-refractivity contribution in [1.29, 1.82) is 0 Å². The van der Waals surface area contributed by atoms with Gasteiger partial charge in [-0.15, -0.1) is 0 Å². The second-order valence-corrected chi connectivity index (χ2v) is 6.63. The van der Waals surface area contributed by atoms with Gasteiger partial charge in [0.2, 0.25) is 0 Å². The van der Waals surface area contributed by atoms with E-state index in [0.29, 0.717) is 17.5 Å². The summed E-state index contributed by atoms with van der Waals surface area (Å²) in [5.74, 6) is 0.0779. The first kappa shape index (κ1) is 13.6. The van der Waals surface area contributed by atoms with Crippen molar-refractivity contribution in [3.63, 3.8) is 0 Å². The van der Waals surface area contributed by atoms with Crippen LogP contribution in [0, 0.1) is 5.41 Å². The van der Waals surface area contributed by atoms with Crippen LogP contribution in [0.15, 0.2) is 30.3 Å². The van der Waals surface area contributed by atoms with Crippen LogP contribution in [0.25, 0.3) is 0 Å². The van der Waals surface area contributed by atoms with Gasteiger partial charge in [0.15, 0.2) is 0 Å². The Morgan fingerprint density at radius 2 is 2.10 bits per heavy atom. The summed E-state index contributed by atoms with van der Waals surface area (Å²) in [7, 11) is 0. The monoisotopic (exact) mass is 272 g/mol. The highest BCUT2D eigenvalue weighted by Gasteiger charge is 2.56. The fourth-order valence-electron chi connectivity index (χ4n) is 3.47. The molecule has 2 aliphatic rings. The molecule has 108 valence electrons. The van der Waals surface area contributed by atoms with Crippen LogP contribution in [0.3, 0.4) is 0 Å². The molecule has 1 N–H and O–H groups in total. The minimum absolute atomic E-state index is 0.0779. The predicted octanol–water partition coefficient (Wildman–Crippen LogP) is 2.68. The van der Waals surface area contributed by atoms with Crippen LogP contribution in [0.4, 0.5) is 0 Å². The maximum absolute atomic E-state index is 12.2. The van der Waals surface area contributed by atoms with Gasteiger partial charge in [0.25, 0.3) is 5.91 Å². The summed E-state index contributed by atoms with van der Waals surface area (Å²) in [4.78, 5) is 14.8. The van der Waals surface area contributed by atoms with Crippen molar-refractivity contribution in [2.24, 2.45) is 5.41 Å². The van der Waals surface area contributed by atoms with Crippen LogP contribution in [-0.4, -0.2) is 36.0 Å². The van der Waals surface area contributed by atoms with Crippen LogP contribution in [0.5, 0.6) is 0 Å². The third-order valence-corrected chi connectivity index (χ3v) is 4.90. The zero-order valence-electron chi connectivity index (χ0n) is 12.4. The number of rotatable bonds is 3. The Morgan fingerprint density at radius 1 is 1.35 bits per heavy atom. The molecule has 2 unspecified atom stereocenters. The molecule has 1 saturated carbocycles. The fraction of sp³-hybridized carbons (Fsp3) is 0.588. The van der Waals surface area contributed by atoms with Gasteiger partial charge in [0.1, 0.15) is 0 Å². The summed E-state index contributed by atoms with van der Waals surface area (Å²) in [5, 5.41) is 3.22. The number of carbonyl (C=O) groups excluding carboxylic acids is 1. The molecule has 3 rings (SSSR count). The van der Waals surface area contributed by atoms with Gasteiger partial charge in [-0.25, -0.2) is 0 Å². The van der Waals surface area contributed by atoms with E-state index in [9.17, 15) is 4.79 Å². The highest BCUT2D eigenvalue weighted by atomic mass is 16.1. The number of benzene rings is 1. The summed E-state index contributed by atoms with van der Waals surface area (Å²) >= 11 is 0. The van der Waals surface area contributed by atoms with E-state index in [1.165, 1.54) is 19.4 Å². The Balaban J connectivity index is 1.60. The van der Waals surface area contributed by atoms with Crippen LogP contribution >= 0.6 is 0 Å². The lowest BCUT2D eigenvalue weighted by Crippen LogP contribution is -2.44. The number of likely N-dealkylation sites (tertiary alicyclic amines) is 1. The number of nitrogens with one attached hydrogen (secondary N) is 1. The Labute approximate surface area is 121 Å². The molecule has 2 fully saturated rings. The normalized spacial score (nSPS) is 29.6. The van der Waals surface area contributed by atoms with E-state index in [0.717, 1.165) is 18.5 Å². The van der Waals surface area contributed by atoms with Crippen LogP contribution in [-0.2, 0) is 0 Å². The summed E-state index contributed by atoms with van der Waals surface area (Å²) in [6, 6.07) is 10.5. The molecule has 0 radical (unpaired) electrons. The minimum atomic E-state index is 0.0779. The summed E-state index contributed by atoms with van der Waals surface area (Å²) in [6.07, 6.45) is 3.67. The Hall–Kier alpha value is -1.35. The Bertz CT molecular complexity index is 485. The van der Waals surface area contributed by atoms with Gasteiger partial charge >= 0.3 is 0 Å². The molecule has 2 atom stereocenters. The summed E-state index contributed by atoms with van der Waals surface area (Å²) in [5.41, 5.74) is 1.12. The highest BCUT2D eigenvalue weighted by molar-refractivity contribution is 5.94. The van der Waals surface area contributed by atoms with Gasteiger partial charge in [0, 0.05) is 29.6 Å². The number of piperidine rings is 1. The van der Waals surface area contributed by atoms with Gasteiger partial charge in [-0.1, -0.05) is 18.2 Å². The molecule has 20 heavy (non-hydrogen) atoms. The van der Waals surface area contributed by atoms with Crippen molar-refractivity contribution in [3.05, 3.63) is 35.9 Å². The smallest absolute Gasteiger partial charge is 0.251 e. The van der Waals surface area contributed by atoms with E-state index in [1.54, 1.807) is 0 Å². The average molecular weight is 272 g/mol. The molecular weight excluding hydrogens is 248 g/mol. The molecule has 1 saturated heterocycles. The lowest BCUT2D eigenvalue weighted by Gasteiger charge is -2.36. The maximum Gasteiger partial charge on any atom is 0.251 e. The van der Waals surface area contributed by atoms with Gasteiger partial charge < -0.3 is 10.2 Å². The van der Waals surface area contributed by atoms with E-state index in [2.05, 4.69) is 24.1 Å². The quantitative estimate of drug-likeness (QED) is 0.917. The molecule has 1 aliphatic carbocycles. The van der Waals surface area contributed by atoms with E-state index in [1.807, 2.05) is 30.3 Å². The van der Waals surface area contributed by atoms with E-state index >= 15 is 0 Å². The zero-order valence-corrected chi connectivity index (χ0v) is 12.4. The first-order chi connectivity index (χ1) is 9.61. The number of carbonyl (C=O) groups is 1. The Morgan fingerprint density at radius 3 is 2.80 bits per heavy atom. The molecular formula is C17H24N2O. The van der Waals surface area contributed by atoms with Crippen molar-refractivity contribution in [2.75, 3.05) is 13.1 Å². The van der Waals surface area contributed by atoms with Crippen molar-refractivity contribution in [3.8, 4) is 0 Å². The molecule has 0 aromatic heterocycles. The SMILES string of the molecule is CC(C)N1CCCC2(CC2NC(=O)c2ccccc2)C1. The third kappa shape index (κ3) is 2.59. The number of nitrogens with zero attached hydrogens (tertiary/aromatic N) is 1. The molecule has 3 heteroatoms. The van der Waals surface area contributed by atoms with Gasteiger partial charge in [-0.3, -0.25) is 4.79 Å². The van der Waals surface area contributed by atoms with Gasteiger partial charge in [0.05, 0.1) is 0 Å². The second kappa shape index (κ2) is 5.21. The van der Waals surface area contributed by atoms with Crippen molar-refractivity contribution in [1.82, 2.24) is 10.2 Å². The third-order valence-electron chi connectivity index (χ3n) is 4.90. The van der Waals surface area contributed by atoms with Crippen molar-refractivity contribution >= 4 is 5.91 Å². The number of hydrogen-bond acceptors (Lipinski definition) is 2. The first-order valence-corrected chi connectivity index (χ1v) is 7.71. The first-order valence-electron chi connectivity index (χ1n) is 7.71. The molecule has 1 amide bonds. The van der Waals surface area contributed by atoms with Crippen LogP contribution < -0.4 is 5.32 Å². The average Bonchev–Trinajstić information content (AvgIpc) is 3.11. The lowest BCUT2D eigenvalue weighted by molar-refractivity contribution is 0.0918. The summed E-state index contributed by atoms with van der Waals surface area (Å²) in [6.45, 7) is 6.88. The standard InChI is InChI=1S/C17H24N2O/c1-13(2)19-10-6-9-17(12-19)11-15(17)18-16(20)14-7-4-3-5-8-14/h3-5,7-8,13,15H,6,9-12H2,1-2H3,(H,18,20). The summed E-state index contributed by atoms with van der Waals surface area (Å²) < 4.78 is 0. The van der Waals surface area contributed by atoms with Gasteiger partial charge in [-0.05, 0) is 51.8 Å². The topological polar surface area (TPSA) is 32.3 Å². The van der Waals surface area contributed by atoms with E-state index in [-0.39, 0.29) is 5.91 Å².